The number of H-pyrrole nitrogens is 1. The number of halogens is 1. The highest BCUT2D eigenvalue weighted by molar-refractivity contribution is 6.30. The molecular weight excluding hydrogens is 344 g/mol. The number of benzene rings is 1. The van der Waals surface area contributed by atoms with Crippen LogP contribution in [0.1, 0.15) is 33.7 Å². The second-order valence-corrected chi connectivity index (χ2v) is 6.29. The van der Waals surface area contributed by atoms with Gasteiger partial charge in [-0.25, -0.2) is 5.10 Å². The van der Waals surface area contributed by atoms with Crippen LogP contribution in [0.15, 0.2) is 41.2 Å². The summed E-state index contributed by atoms with van der Waals surface area (Å²) in [6, 6.07) is 9.47. The molecule has 1 aliphatic rings. The van der Waals surface area contributed by atoms with Gasteiger partial charge < -0.3 is 10.2 Å². The van der Waals surface area contributed by atoms with Gasteiger partial charge in [-0.1, -0.05) is 17.7 Å². The van der Waals surface area contributed by atoms with Crippen molar-refractivity contribution in [1.82, 2.24) is 20.4 Å². The molecule has 8 heteroatoms. The molecule has 130 valence electrons. The van der Waals surface area contributed by atoms with Gasteiger partial charge in [-0.15, -0.1) is 0 Å². The molecule has 7 nitrogen and oxygen atoms in total. The van der Waals surface area contributed by atoms with E-state index in [1.165, 1.54) is 12.1 Å². The van der Waals surface area contributed by atoms with Crippen molar-refractivity contribution in [2.45, 2.75) is 18.9 Å². The van der Waals surface area contributed by atoms with Crippen LogP contribution in [0.3, 0.4) is 0 Å². The molecule has 2 aromatic rings. The van der Waals surface area contributed by atoms with E-state index in [0.29, 0.717) is 36.5 Å². The lowest BCUT2D eigenvalue weighted by Gasteiger charge is -2.32. The quantitative estimate of drug-likeness (QED) is 0.866. The molecule has 0 saturated carbocycles. The minimum Gasteiger partial charge on any atom is -0.348 e. The van der Waals surface area contributed by atoms with Crippen molar-refractivity contribution in [3.63, 3.8) is 0 Å². The molecule has 1 fully saturated rings. The summed E-state index contributed by atoms with van der Waals surface area (Å²) >= 11 is 5.93. The summed E-state index contributed by atoms with van der Waals surface area (Å²) in [5.41, 5.74) is 0.369. The predicted molar refractivity (Wildman–Crippen MR) is 92.7 cm³/mol. The second-order valence-electron chi connectivity index (χ2n) is 5.86. The van der Waals surface area contributed by atoms with E-state index >= 15 is 0 Å². The van der Waals surface area contributed by atoms with E-state index in [9.17, 15) is 14.4 Å². The van der Waals surface area contributed by atoms with Gasteiger partial charge in [0.15, 0.2) is 0 Å². The molecule has 2 heterocycles. The molecule has 3 rings (SSSR count). The van der Waals surface area contributed by atoms with Crippen molar-refractivity contribution in [3.8, 4) is 0 Å². The van der Waals surface area contributed by atoms with Crippen LogP contribution < -0.4 is 10.9 Å². The number of aromatic nitrogens is 2. The molecule has 1 aromatic carbocycles. The van der Waals surface area contributed by atoms with Crippen LogP contribution in [0.5, 0.6) is 0 Å². The number of nitrogens with zero attached hydrogens (tertiary/aromatic N) is 2. The fourth-order valence-electron chi connectivity index (χ4n) is 2.76. The van der Waals surface area contributed by atoms with Crippen LogP contribution >= 0.6 is 11.6 Å². The molecule has 0 radical (unpaired) electrons. The Morgan fingerprint density at radius 3 is 2.60 bits per heavy atom. The Balaban J connectivity index is 1.55. The number of nitrogens with one attached hydrogen (secondary N) is 2. The largest absolute Gasteiger partial charge is 0.348 e. The number of aromatic amines is 1. The Kier molecular flexibility index (Phi) is 5.14. The average molecular weight is 361 g/mol. The maximum Gasteiger partial charge on any atom is 0.271 e. The molecule has 0 aliphatic carbocycles. The first-order chi connectivity index (χ1) is 12.0. The molecule has 1 saturated heterocycles. The van der Waals surface area contributed by atoms with Crippen LogP contribution in [-0.4, -0.2) is 46.0 Å². The lowest BCUT2D eigenvalue weighted by atomic mass is 10.0. The number of carbonyl (C=O) groups excluding carboxylic acids is 2. The summed E-state index contributed by atoms with van der Waals surface area (Å²) in [6.07, 6.45) is 1.31. The SMILES string of the molecule is O=C(NC1CCN(C(=O)c2cccc(Cl)c2)CC1)c1ccc(=O)[nH]n1. The first-order valence-electron chi connectivity index (χ1n) is 7.94. The van der Waals surface area contributed by atoms with Gasteiger partial charge in [0.2, 0.25) is 0 Å². The Hall–Kier alpha value is -2.67. The molecule has 1 aliphatic heterocycles. The number of hydrogen-bond donors (Lipinski definition) is 2. The topological polar surface area (TPSA) is 95.2 Å². The van der Waals surface area contributed by atoms with Crippen molar-refractivity contribution in [3.05, 3.63) is 63.0 Å². The molecule has 2 amide bonds. The molecule has 0 atom stereocenters. The van der Waals surface area contributed by atoms with Crippen LogP contribution in [-0.2, 0) is 0 Å². The highest BCUT2D eigenvalue weighted by Gasteiger charge is 2.25. The number of rotatable bonds is 3. The Bertz CT molecular complexity index is 823. The van der Waals surface area contributed by atoms with Gasteiger partial charge in [-0.3, -0.25) is 14.4 Å². The van der Waals surface area contributed by atoms with Gasteiger partial charge in [0, 0.05) is 35.8 Å². The zero-order valence-corrected chi connectivity index (χ0v) is 14.1. The maximum atomic E-state index is 12.5. The van der Waals surface area contributed by atoms with Crippen molar-refractivity contribution in [2.75, 3.05) is 13.1 Å². The lowest BCUT2D eigenvalue weighted by molar-refractivity contribution is 0.0697. The lowest BCUT2D eigenvalue weighted by Crippen LogP contribution is -2.46. The Labute approximate surface area is 149 Å². The van der Waals surface area contributed by atoms with Crippen molar-refractivity contribution in [1.29, 1.82) is 0 Å². The molecule has 0 bridgehead atoms. The van der Waals surface area contributed by atoms with Crippen LogP contribution in [0, 0.1) is 0 Å². The molecule has 0 unspecified atom stereocenters. The zero-order valence-electron chi connectivity index (χ0n) is 13.4. The van der Waals surface area contributed by atoms with E-state index < -0.39 is 0 Å². The van der Waals surface area contributed by atoms with Gasteiger partial charge in [0.25, 0.3) is 17.4 Å². The smallest absolute Gasteiger partial charge is 0.271 e. The zero-order chi connectivity index (χ0) is 17.8. The second kappa shape index (κ2) is 7.48. The van der Waals surface area contributed by atoms with Crippen LogP contribution in [0.25, 0.3) is 0 Å². The minimum atomic E-state index is -0.357. The number of amides is 2. The third-order valence-electron chi connectivity index (χ3n) is 4.10. The summed E-state index contributed by atoms with van der Waals surface area (Å²) in [5.74, 6) is -0.398. The van der Waals surface area contributed by atoms with Crippen molar-refractivity contribution < 1.29 is 9.59 Å². The van der Waals surface area contributed by atoms with E-state index in [0.717, 1.165) is 0 Å². The van der Waals surface area contributed by atoms with Gasteiger partial charge in [0.1, 0.15) is 5.69 Å². The molecule has 0 spiro atoms. The first kappa shape index (κ1) is 17.2. The van der Waals surface area contributed by atoms with Gasteiger partial charge >= 0.3 is 0 Å². The monoisotopic (exact) mass is 360 g/mol. The fourth-order valence-corrected chi connectivity index (χ4v) is 2.95. The highest BCUT2D eigenvalue weighted by atomic mass is 35.5. The van der Waals surface area contributed by atoms with E-state index in [1.54, 1.807) is 29.2 Å². The number of piperidine rings is 1. The summed E-state index contributed by atoms with van der Waals surface area (Å²) in [6.45, 7) is 1.10. The van der Waals surface area contributed by atoms with E-state index in [2.05, 4.69) is 15.5 Å². The third kappa shape index (κ3) is 4.24. The summed E-state index contributed by atoms with van der Waals surface area (Å²) < 4.78 is 0. The Morgan fingerprint density at radius 1 is 1.20 bits per heavy atom. The van der Waals surface area contributed by atoms with Crippen LogP contribution in [0.2, 0.25) is 5.02 Å². The average Bonchev–Trinajstić information content (AvgIpc) is 2.62. The van der Waals surface area contributed by atoms with Crippen molar-refractivity contribution >= 4 is 23.4 Å². The van der Waals surface area contributed by atoms with E-state index in [1.807, 2.05) is 0 Å². The predicted octanol–water partition coefficient (Wildman–Crippen LogP) is 1.46. The van der Waals surface area contributed by atoms with Gasteiger partial charge in [-0.05, 0) is 37.1 Å². The van der Waals surface area contributed by atoms with Crippen LogP contribution in [0.4, 0.5) is 0 Å². The van der Waals surface area contributed by atoms with Gasteiger partial charge in [-0.2, -0.15) is 5.10 Å². The summed E-state index contributed by atoms with van der Waals surface area (Å²) in [5, 5.41) is 9.35. The number of hydrogen-bond acceptors (Lipinski definition) is 4. The molecule has 2 N–H and O–H groups in total. The third-order valence-corrected chi connectivity index (χ3v) is 4.34. The summed E-state index contributed by atoms with van der Waals surface area (Å²) in [7, 11) is 0. The van der Waals surface area contributed by atoms with E-state index in [4.69, 9.17) is 11.6 Å². The van der Waals surface area contributed by atoms with Crippen molar-refractivity contribution in [2.24, 2.45) is 0 Å². The Morgan fingerprint density at radius 2 is 1.96 bits per heavy atom. The fraction of sp³-hybridized carbons (Fsp3) is 0.294. The highest BCUT2D eigenvalue weighted by Crippen LogP contribution is 2.17. The standard InChI is InChI=1S/C17H17ClN4O3/c18-12-3-1-2-11(10-12)17(25)22-8-6-13(7-9-22)19-16(24)14-4-5-15(23)21-20-14/h1-5,10,13H,6-9H2,(H,19,24)(H,21,23). The normalized spacial score (nSPS) is 15.0. The summed E-state index contributed by atoms with van der Waals surface area (Å²) in [4.78, 5) is 37.3. The minimum absolute atomic E-state index is 0.0374. The number of carbonyl (C=O) groups is 2. The van der Waals surface area contributed by atoms with Gasteiger partial charge in [0.05, 0.1) is 0 Å². The molecule has 1 aromatic heterocycles. The first-order valence-corrected chi connectivity index (χ1v) is 8.32. The molecule has 25 heavy (non-hydrogen) atoms. The maximum absolute atomic E-state index is 12.5. The molecular formula is C17H17ClN4O3. The number of likely N-dealkylation sites (tertiary alicyclic amines) is 1. The van der Waals surface area contributed by atoms with E-state index in [-0.39, 0.29) is 29.1 Å².